The molecule has 1 aliphatic carbocycles. The number of aliphatic hydroxyl groups is 1. The highest BCUT2D eigenvalue weighted by Crippen LogP contribution is 2.35. The number of ether oxygens (including phenoxy) is 1. The Labute approximate surface area is 206 Å². The highest BCUT2D eigenvalue weighted by molar-refractivity contribution is 5.31. The highest BCUT2D eigenvalue weighted by Gasteiger charge is 2.32. The van der Waals surface area contributed by atoms with Crippen LogP contribution in [0.3, 0.4) is 0 Å². The van der Waals surface area contributed by atoms with Crippen LogP contribution < -0.4 is 0 Å². The Morgan fingerprint density at radius 2 is 1.47 bits per heavy atom. The number of benzene rings is 2. The molecule has 1 saturated carbocycles. The van der Waals surface area contributed by atoms with Crippen LogP contribution >= 0.6 is 0 Å². The van der Waals surface area contributed by atoms with E-state index in [0.717, 1.165) is 38.5 Å². The van der Waals surface area contributed by atoms with Gasteiger partial charge in [0.2, 0.25) is 0 Å². The summed E-state index contributed by atoms with van der Waals surface area (Å²) in [6.07, 6.45) is 3.58. The van der Waals surface area contributed by atoms with Gasteiger partial charge in [-0.3, -0.25) is 9.80 Å². The van der Waals surface area contributed by atoms with E-state index in [1.165, 1.54) is 24.0 Å². The van der Waals surface area contributed by atoms with Gasteiger partial charge >= 0.3 is 0 Å². The number of aliphatic hydroxyl groups excluding tert-OH is 1. The Balaban J connectivity index is 1.29. The predicted octanol–water partition coefficient (Wildman–Crippen LogP) is 5.23. The average molecular weight is 465 g/mol. The second kappa shape index (κ2) is 12.3. The number of rotatable bonds is 9. The van der Waals surface area contributed by atoms with Crippen molar-refractivity contribution in [2.24, 2.45) is 17.8 Å². The first-order valence-corrected chi connectivity index (χ1v) is 13.4. The third-order valence-electron chi connectivity index (χ3n) is 7.94. The minimum atomic E-state index is -0.421. The maximum atomic E-state index is 10.8. The average Bonchev–Trinajstić information content (AvgIpc) is 2.85. The van der Waals surface area contributed by atoms with Crippen LogP contribution in [0.25, 0.3) is 0 Å². The smallest absolute Gasteiger partial charge is 0.0900 e. The van der Waals surface area contributed by atoms with Gasteiger partial charge in [-0.15, -0.1) is 0 Å². The molecule has 4 rings (SSSR count). The van der Waals surface area contributed by atoms with Gasteiger partial charge in [0.05, 0.1) is 24.9 Å². The van der Waals surface area contributed by atoms with Crippen molar-refractivity contribution in [3.63, 3.8) is 0 Å². The molecule has 2 aromatic rings. The molecule has 4 nitrogen and oxygen atoms in total. The molecule has 34 heavy (non-hydrogen) atoms. The molecule has 0 unspecified atom stereocenters. The summed E-state index contributed by atoms with van der Waals surface area (Å²) in [5.74, 6) is 2.00. The van der Waals surface area contributed by atoms with Crippen LogP contribution in [0.15, 0.2) is 60.7 Å². The zero-order chi connectivity index (χ0) is 23.9. The normalized spacial score (nSPS) is 25.6. The van der Waals surface area contributed by atoms with Gasteiger partial charge < -0.3 is 9.84 Å². The van der Waals surface area contributed by atoms with Crippen LogP contribution in [0.5, 0.6) is 0 Å². The van der Waals surface area contributed by atoms with Crippen LogP contribution in [0, 0.1) is 17.8 Å². The van der Waals surface area contributed by atoms with E-state index in [4.69, 9.17) is 4.74 Å². The quantitative estimate of drug-likeness (QED) is 0.551. The summed E-state index contributed by atoms with van der Waals surface area (Å²) in [7, 11) is 0. The first-order chi connectivity index (χ1) is 16.5. The van der Waals surface area contributed by atoms with Crippen molar-refractivity contribution in [1.29, 1.82) is 0 Å². The molecule has 2 aromatic carbocycles. The van der Waals surface area contributed by atoms with E-state index < -0.39 is 6.10 Å². The molecule has 2 aliphatic rings. The largest absolute Gasteiger partial charge is 0.389 e. The minimum Gasteiger partial charge on any atom is -0.389 e. The second-order valence-corrected chi connectivity index (χ2v) is 10.9. The van der Waals surface area contributed by atoms with Gasteiger partial charge in [0.25, 0.3) is 0 Å². The Morgan fingerprint density at radius 1 is 0.882 bits per heavy atom. The molecule has 0 amide bonds. The van der Waals surface area contributed by atoms with Crippen LogP contribution in [0.4, 0.5) is 0 Å². The van der Waals surface area contributed by atoms with Crippen LogP contribution in [0.2, 0.25) is 0 Å². The van der Waals surface area contributed by atoms with E-state index in [9.17, 15) is 5.11 Å². The molecule has 0 bridgehead atoms. The third kappa shape index (κ3) is 6.69. The minimum absolute atomic E-state index is 0.277. The number of hydrogen-bond acceptors (Lipinski definition) is 4. The fourth-order valence-corrected chi connectivity index (χ4v) is 5.98. The molecule has 0 aromatic heterocycles. The Morgan fingerprint density at radius 3 is 2.03 bits per heavy atom. The maximum absolute atomic E-state index is 10.8. The van der Waals surface area contributed by atoms with E-state index in [1.807, 2.05) is 0 Å². The zero-order valence-corrected chi connectivity index (χ0v) is 21.4. The van der Waals surface area contributed by atoms with Gasteiger partial charge in [0.1, 0.15) is 0 Å². The van der Waals surface area contributed by atoms with E-state index >= 15 is 0 Å². The molecule has 1 N–H and O–H groups in total. The number of piperazine rings is 1. The lowest BCUT2D eigenvalue weighted by Gasteiger charge is -2.40. The number of β-amino-alcohol motifs (C(OH)–C–C–N with tert-alkyl or cyclic N) is 1. The van der Waals surface area contributed by atoms with Crippen molar-refractivity contribution in [2.45, 2.75) is 58.3 Å². The van der Waals surface area contributed by atoms with Crippen LogP contribution in [-0.2, 0) is 4.74 Å². The van der Waals surface area contributed by atoms with Gasteiger partial charge in [0.15, 0.2) is 0 Å². The second-order valence-electron chi connectivity index (χ2n) is 10.9. The van der Waals surface area contributed by atoms with Crippen molar-refractivity contribution in [3.8, 4) is 0 Å². The summed E-state index contributed by atoms with van der Waals surface area (Å²) in [6.45, 7) is 12.1. The van der Waals surface area contributed by atoms with E-state index in [2.05, 4.69) is 91.2 Å². The van der Waals surface area contributed by atoms with E-state index in [0.29, 0.717) is 31.1 Å². The molecule has 0 radical (unpaired) electrons. The fraction of sp³-hybridized carbons (Fsp3) is 0.600. The van der Waals surface area contributed by atoms with Crippen molar-refractivity contribution in [1.82, 2.24) is 9.80 Å². The lowest BCUT2D eigenvalue weighted by molar-refractivity contribution is -0.0757. The van der Waals surface area contributed by atoms with Crippen molar-refractivity contribution in [3.05, 3.63) is 71.8 Å². The summed E-state index contributed by atoms with van der Waals surface area (Å²) in [5, 5.41) is 10.8. The van der Waals surface area contributed by atoms with Gasteiger partial charge in [-0.2, -0.15) is 0 Å². The van der Waals surface area contributed by atoms with Crippen molar-refractivity contribution in [2.75, 3.05) is 39.3 Å². The summed E-state index contributed by atoms with van der Waals surface area (Å²) >= 11 is 0. The molecule has 1 aliphatic heterocycles. The molecule has 0 spiro atoms. The maximum Gasteiger partial charge on any atom is 0.0900 e. The zero-order valence-electron chi connectivity index (χ0n) is 21.4. The molecule has 1 saturated heterocycles. The van der Waals surface area contributed by atoms with Gasteiger partial charge in [-0.25, -0.2) is 0 Å². The Hall–Kier alpha value is -1.72. The van der Waals surface area contributed by atoms with Gasteiger partial charge in [-0.05, 0) is 41.7 Å². The lowest BCUT2D eigenvalue weighted by atomic mass is 9.75. The lowest BCUT2D eigenvalue weighted by Crippen LogP contribution is -2.50. The highest BCUT2D eigenvalue weighted by atomic mass is 16.5. The van der Waals surface area contributed by atoms with Gasteiger partial charge in [0, 0.05) is 32.7 Å². The monoisotopic (exact) mass is 464 g/mol. The summed E-state index contributed by atoms with van der Waals surface area (Å²) in [6, 6.07) is 21.9. The fourth-order valence-electron chi connectivity index (χ4n) is 5.98. The Kier molecular flexibility index (Phi) is 9.18. The number of hydrogen-bond donors (Lipinski definition) is 1. The molecule has 4 atom stereocenters. The third-order valence-corrected chi connectivity index (χ3v) is 7.94. The molecular weight excluding hydrogens is 420 g/mol. The Bertz CT molecular complexity index is 796. The van der Waals surface area contributed by atoms with Crippen LogP contribution in [0.1, 0.15) is 57.2 Å². The summed E-state index contributed by atoms with van der Waals surface area (Å²) in [5.41, 5.74) is 2.69. The van der Waals surface area contributed by atoms with Crippen LogP contribution in [-0.4, -0.2) is 66.4 Å². The SMILES string of the molecule is CC(C)[C@H]1CC[C@@H](C)C[C@H]1OC[C@@H](O)CN1CCN(C(c2ccccc2)c2ccccc2)CC1. The standard InChI is InChI=1S/C30H44N2O2/c1-23(2)28-15-14-24(3)20-29(28)34-22-27(33)21-31-16-18-32(19-17-31)30(25-10-6-4-7-11-25)26-12-8-5-9-13-26/h4-13,23-24,27-30,33H,14-22H2,1-3H3/t24-,27+,28-,29-/m1/s1. The number of nitrogens with zero attached hydrogens (tertiary/aromatic N) is 2. The first-order valence-electron chi connectivity index (χ1n) is 13.4. The predicted molar refractivity (Wildman–Crippen MR) is 140 cm³/mol. The summed E-state index contributed by atoms with van der Waals surface area (Å²) in [4.78, 5) is 4.99. The van der Waals surface area contributed by atoms with E-state index in [1.54, 1.807) is 0 Å². The topological polar surface area (TPSA) is 35.9 Å². The molecule has 2 fully saturated rings. The van der Waals surface area contributed by atoms with E-state index in [-0.39, 0.29) is 6.04 Å². The van der Waals surface area contributed by atoms with Gasteiger partial charge in [-0.1, -0.05) is 87.9 Å². The molecule has 1 heterocycles. The molecule has 4 heteroatoms. The molecule has 186 valence electrons. The summed E-state index contributed by atoms with van der Waals surface area (Å²) < 4.78 is 6.32. The molecular formula is C30H44N2O2. The first kappa shape index (κ1) is 25.4. The van der Waals surface area contributed by atoms with Crippen molar-refractivity contribution < 1.29 is 9.84 Å². The van der Waals surface area contributed by atoms with Crippen molar-refractivity contribution >= 4 is 0 Å².